The van der Waals surface area contributed by atoms with Crippen LogP contribution in [0.1, 0.15) is 36.1 Å². The van der Waals surface area contributed by atoms with Crippen LogP contribution in [0.3, 0.4) is 0 Å². The third-order valence-electron chi connectivity index (χ3n) is 4.25. The Hall–Kier alpha value is -2.82. The molecule has 0 saturated carbocycles. The van der Waals surface area contributed by atoms with Crippen molar-refractivity contribution in [1.29, 1.82) is 0 Å². The van der Waals surface area contributed by atoms with Gasteiger partial charge in [0.05, 0.1) is 5.56 Å². The van der Waals surface area contributed by atoms with Crippen molar-refractivity contribution in [2.24, 2.45) is 5.92 Å². The van der Waals surface area contributed by atoms with Gasteiger partial charge in [0.25, 0.3) is 5.91 Å². The first-order chi connectivity index (χ1) is 11.6. The number of benzene rings is 1. The van der Waals surface area contributed by atoms with E-state index in [-0.39, 0.29) is 12.1 Å². The minimum atomic E-state index is -0.255. The van der Waals surface area contributed by atoms with Gasteiger partial charge in [0.1, 0.15) is 17.5 Å². The number of aromatic nitrogens is 2. The highest BCUT2D eigenvalue weighted by molar-refractivity contribution is 6.01. The Labute approximate surface area is 140 Å². The molecule has 0 bridgehead atoms. The zero-order valence-electron chi connectivity index (χ0n) is 13.8. The second-order valence-electron chi connectivity index (χ2n) is 6.58. The summed E-state index contributed by atoms with van der Waals surface area (Å²) in [7, 11) is 0. The Kier molecular flexibility index (Phi) is 3.49. The van der Waals surface area contributed by atoms with Gasteiger partial charge < -0.3 is 14.6 Å². The van der Waals surface area contributed by atoms with Crippen molar-refractivity contribution in [2.45, 2.75) is 20.0 Å². The number of para-hydroxylation sites is 1. The van der Waals surface area contributed by atoms with E-state index in [1.165, 1.54) is 0 Å². The van der Waals surface area contributed by atoms with Gasteiger partial charge in [-0.2, -0.15) is 0 Å². The van der Waals surface area contributed by atoms with Gasteiger partial charge in [0, 0.05) is 24.6 Å². The molecule has 1 aliphatic heterocycles. The summed E-state index contributed by atoms with van der Waals surface area (Å²) in [6, 6.07) is 13.6. The minimum Gasteiger partial charge on any atom is -0.359 e. The molecule has 0 spiro atoms. The number of hydrogen-bond donors (Lipinski definition) is 1. The molecule has 4 rings (SSSR count). The molecule has 1 amide bonds. The Morgan fingerprint density at radius 3 is 2.75 bits per heavy atom. The van der Waals surface area contributed by atoms with Crippen molar-refractivity contribution in [3.63, 3.8) is 0 Å². The summed E-state index contributed by atoms with van der Waals surface area (Å²) in [4.78, 5) is 19.6. The maximum absolute atomic E-state index is 13.0. The normalized spacial score (nSPS) is 17.2. The molecule has 0 aliphatic carbocycles. The monoisotopic (exact) mass is 320 g/mol. The van der Waals surface area contributed by atoms with Gasteiger partial charge in [-0.25, -0.2) is 4.98 Å². The zero-order chi connectivity index (χ0) is 16.7. The second-order valence-corrected chi connectivity index (χ2v) is 6.58. The van der Waals surface area contributed by atoms with Crippen LogP contribution < -0.4 is 5.32 Å². The highest BCUT2D eigenvalue weighted by Gasteiger charge is 2.34. The highest BCUT2D eigenvalue weighted by Crippen LogP contribution is 2.33. The van der Waals surface area contributed by atoms with E-state index in [4.69, 9.17) is 4.98 Å². The Balaban J connectivity index is 1.80. The summed E-state index contributed by atoms with van der Waals surface area (Å²) in [6.07, 6.45) is 3.70. The van der Waals surface area contributed by atoms with Crippen LogP contribution in [-0.4, -0.2) is 26.7 Å². The first-order valence-electron chi connectivity index (χ1n) is 8.23. The van der Waals surface area contributed by atoms with Gasteiger partial charge >= 0.3 is 0 Å². The molecule has 1 aliphatic rings. The molecular weight excluding hydrogens is 300 g/mol. The molecule has 1 aromatic carbocycles. The van der Waals surface area contributed by atoms with Crippen LogP contribution >= 0.6 is 0 Å². The van der Waals surface area contributed by atoms with E-state index in [1.54, 1.807) is 0 Å². The molecule has 3 aromatic rings. The molecule has 5 heteroatoms. The average Bonchev–Trinajstić information content (AvgIpc) is 3.01. The lowest BCUT2D eigenvalue weighted by Gasteiger charge is -2.38. The Morgan fingerprint density at radius 1 is 1.17 bits per heavy atom. The maximum atomic E-state index is 13.0. The van der Waals surface area contributed by atoms with Crippen LogP contribution in [0.2, 0.25) is 0 Å². The van der Waals surface area contributed by atoms with Crippen LogP contribution in [0.5, 0.6) is 0 Å². The van der Waals surface area contributed by atoms with E-state index < -0.39 is 0 Å². The van der Waals surface area contributed by atoms with Gasteiger partial charge in [-0.3, -0.25) is 4.79 Å². The number of rotatable bonds is 3. The van der Waals surface area contributed by atoms with Gasteiger partial charge in [0.15, 0.2) is 0 Å². The molecule has 0 fully saturated rings. The molecule has 5 nitrogen and oxygen atoms in total. The van der Waals surface area contributed by atoms with Crippen LogP contribution in [0.4, 0.5) is 5.69 Å². The van der Waals surface area contributed by atoms with E-state index in [0.717, 1.165) is 22.6 Å². The largest absolute Gasteiger partial charge is 0.359 e. The van der Waals surface area contributed by atoms with E-state index in [0.29, 0.717) is 12.5 Å². The van der Waals surface area contributed by atoms with Crippen LogP contribution in [-0.2, 0) is 0 Å². The molecule has 1 atom stereocenters. The van der Waals surface area contributed by atoms with Gasteiger partial charge in [-0.1, -0.05) is 32.0 Å². The van der Waals surface area contributed by atoms with Crippen molar-refractivity contribution in [3.8, 4) is 0 Å². The number of carbonyl (C=O) groups is 1. The van der Waals surface area contributed by atoms with E-state index in [2.05, 4.69) is 19.2 Å². The lowest BCUT2D eigenvalue weighted by Crippen LogP contribution is -2.44. The lowest BCUT2D eigenvalue weighted by molar-refractivity contribution is 0.0654. The molecule has 0 unspecified atom stereocenters. The molecule has 0 saturated heterocycles. The van der Waals surface area contributed by atoms with Gasteiger partial charge in [-0.15, -0.1) is 0 Å². The SMILES string of the molecule is CC(C)CN1C(=O)c2ccccc2N[C@H]1c1cn2ccccc2n1. The second kappa shape index (κ2) is 5.67. The summed E-state index contributed by atoms with van der Waals surface area (Å²) in [5.41, 5.74) is 3.32. The number of fused-ring (bicyclic) bond motifs is 2. The number of nitrogens with zero attached hydrogens (tertiary/aromatic N) is 3. The molecule has 122 valence electrons. The van der Waals surface area contributed by atoms with E-state index >= 15 is 0 Å². The highest BCUT2D eigenvalue weighted by atomic mass is 16.2. The first kappa shape index (κ1) is 14.8. The summed E-state index contributed by atoms with van der Waals surface area (Å²) in [5, 5.41) is 3.49. The fourth-order valence-electron chi connectivity index (χ4n) is 3.19. The first-order valence-corrected chi connectivity index (χ1v) is 8.23. The molecular formula is C19H20N4O. The summed E-state index contributed by atoms with van der Waals surface area (Å²) in [5.74, 6) is 0.431. The molecule has 24 heavy (non-hydrogen) atoms. The third-order valence-corrected chi connectivity index (χ3v) is 4.25. The lowest BCUT2D eigenvalue weighted by atomic mass is 10.0. The number of carbonyl (C=O) groups excluding carboxylic acids is 1. The Bertz CT molecular complexity index is 866. The standard InChI is InChI=1S/C19H20N4O/c1-13(2)11-23-18(16-12-22-10-6-5-9-17(22)20-16)21-15-8-4-3-7-14(15)19(23)24/h3-10,12-13,18,21H,11H2,1-2H3/t18-/m1/s1. The average molecular weight is 320 g/mol. The van der Waals surface area contributed by atoms with Crippen LogP contribution in [0, 0.1) is 5.92 Å². The van der Waals surface area contributed by atoms with Gasteiger partial charge in [0.2, 0.25) is 0 Å². The van der Waals surface area contributed by atoms with Crippen LogP contribution in [0.15, 0.2) is 54.9 Å². The quantitative estimate of drug-likeness (QED) is 0.803. The molecule has 0 radical (unpaired) electrons. The zero-order valence-corrected chi connectivity index (χ0v) is 13.8. The number of pyridine rings is 1. The fourth-order valence-corrected chi connectivity index (χ4v) is 3.19. The maximum Gasteiger partial charge on any atom is 0.257 e. The van der Waals surface area contributed by atoms with E-state index in [1.807, 2.05) is 64.2 Å². The number of nitrogens with one attached hydrogen (secondary N) is 1. The predicted octanol–water partition coefficient (Wildman–Crippen LogP) is 3.56. The van der Waals surface area contributed by atoms with Gasteiger partial charge in [-0.05, 0) is 30.2 Å². The molecule has 1 N–H and O–H groups in total. The fraction of sp³-hybridized carbons (Fsp3) is 0.263. The Morgan fingerprint density at radius 2 is 1.96 bits per heavy atom. The summed E-state index contributed by atoms with van der Waals surface area (Å²) < 4.78 is 1.98. The number of imidazole rings is 1. The van der Waals surface area contributed by atoms with Crippen molar-refractivity contribution in [1.82, 2.24) is 14.3 Å². The third kappa shape index (κ3) is 2.42. The van der Waals surface area contributed by atoms with Crippen molar-refractivity contribution >= 4 is 17.2 Å². The summed E-state index contributed by atoms with van der Waals surface area (Å²) in [6.45, 7) is 4.92. The minimum absolute atomic E-state index is 0.0557. The summed E-state index contributed by atoms with van der Waals surface area (Å²) >= 11 is 0. The number of amides is 1. The predicted molar refractivity (Wildman–Crippen MR) is 93.9 cm³/mol. The molecule has 3 heterocycles. The van der Waals surface area contributed by atoms with Crippen molar-refractivity contribution in [2.75, 3.05) is 11.9 Å². The smallest absolute Gasteiger partial charge is 0.257 e. The number of anilines is 1. The van der Waals surface area contributed by atoms with Crippen molar-refractivity contribution in [3.05, 3.63) is 66.1 Å². The molecule has 2 aromatic heterocycles. The van der Waals surface area contributed by atoms with Crippen molar-refractivity contribution < 1.29 is 4.79 Å². The number of hydrogen-bond acceptors (Lipinski definition) is 3. The van der Waals surface area contributed by atoms with Crippen LogP contribution in [0.25, 0.3) is 5.65 Å². The van der Waals surface area contributed by atoms with E-state index in [9.17, 15) is 4.79 Å². The topological polar surface area (TPSA) is 49.6 Å².